The predicted octanol–water partition coefficient (Wildman–Crippen LogP) is 2.92. The molecular weight excluding hydrogens is 234 g/mol. The highest BCUT2D eigenvalue weighted by molar-refractivity contribution is 4.96. The van der Waals surface area contributed by atoms with Crippen LogP contribution in [0.15, 0.2) is 0 Å². The van der Waals surface area contributed by atoms with Gasteiger partial charge in [0.2, 0.25) is 0 Å². The zero-order chi connectivity index (χ0) is 13.5. The monoisotopic (exact) mass is 263 g/mol. The molecule has 0 aromatic carbocycles. The first-order valence-electron chi connectivity index (χ1n) is 8.14. The van der Waals surface area contributed by atoms with E-state index in [9.17, 15) is 0 Å². The molecule has 0 aromatic rings. The van der Waals surface area contributed by atoms with Gasteiger partial charge in [-0.1, -0.05) is 25.7 Å². The lowest BCUT2D eigenvalue weighted by Crippen LogP contribution is -2.37. The molecule has 2 fully saturated rings. The van der Waals surface area contributed by atoms with Gasteiger partial charge in [0.05, 0.1) is 12.0 Å². The lowest BCUT2D eigenvalue weighted by atomic mass is 9.94. The van der Waals surface area contributed by atoms with Gasteiger partial charge in [-0.05, 0) is 52.2 Å². The SMILES string of the molecule is CN(CCCNC1CCCC1C#N)C1CCCCC1. The molecule has 108 valence electrons. The minimum Gasteiger partial charge on any atom is -0.313 e. The molecule has 2 unspecified atom stereocenters. The second-order valence-electron chi connectivity index (χ2n) is 6.35. The van der Waals surface area contributed by atoms with E-state index in [2.05, 4.69) is 23.3 Å². The van der Waals surface area contributed by atoms with Crippen molar-refractivity contribution in [1.82, 2.24) is 10.2 Å². The van der Waals surface area contributed by atoms with Gasteiger partial charge in [0, 0.05) is 12.1 Å². The Morgan fingerprint density at radius 2 is 1.89 bits per heavy atom. The highest BCUT2D eigenvalue weighted by atomic mass is 15.1. The average Bonchev–Trinajstić information content (AvgIpc) is 2.91. The third-order valence-corrected chi connectivity index (χ3v) is 4.97. The minimum absolute atomic E-state index is 0.260. The zero-order valence-electron chi connectivity index (χ0n) is 12.4. The van der Waals surface area contributed by atoms with Gasteiger partial charge in [0.15, 0.2) is 0 Å². The Labute approximate surface area is 118 Å². The number of nitrogens with zero attached hydrogens (tertiary/aromatic N) is 2. The highest BCUT2D eigenvalue weighted by Gasteiger charge is 2.26. The molecule has 0 bridgehead atoms. The first kappa shape index (κ1) is 14.8. The molecule has 3 heteroatoms. The van der Waals surface area contributed by atoms with E-state index in [1.807, 2.05) is 0 Å². The van der Waals surface area contributed by atoms with Gasteiger partial charge < -0.3 is 10.2 Å². The second kappa shape index (κ2) is 7.87. The van der Waals surface area contributed by atoms with Crippen molar-refractivity contribution in [3.63, 3.8) is 0 Å². The van der Waals surface area contributed by atoms with Crippen LogP contribution in [0.4, 0.5) is 0 Å². The molecular formula is C16H29N3. The number of rotatable bonds is 6. The maximum Gasteiger partial charge on any atom is 0.0672 e. The molecule has 3 nitrogen and oxygen atoms in total. The molecule has 0 spiro atoms. The van der Waals surface area contributed by atoms with Gasteiger partial charge >= 0.3 is 0 Å². The van der Waals surface area contributed by atoms with Gasteiger partial charge in [-0.25, -0.2) is 0 Å². The van der Waals surface area contributed by atoms with Crippen LogP contribution in [0.3, 0.4) is 0 Å². The Balaban J connectivity index is 1.57. The molecule has 0 amide bonds. The third-order valence-electron chi connectivity index (χ3n) is 4.97. The first-order chi connectivity index (χ1) is 9.31. The Kier molecular flexibility index (Phi) is 6.13. The maximum atomic E-state index is 9.05. The van der Waals surface area contributed by atoms with Gasteiger partial charge in [-0.3, -0.25) is 0 Å². The summed E-state index contributed by atoms with van der Waals surface area (Å²) in [7, 11) is 2.28. The molecule has 2 atom stereocenters. The summed E-state index contributed by atoms with van der Waals surface area (Å²) < 4.78 is 0. The van der Waals surface area contributed by atoms with E-state index in [0.29, 0.717) is 6.04 Å². The fourth-order valence-electron chi connectivity index (χ4n) is 3.68. The zero-order valence-corrected chi connectivity index (χ0v) is 12.4. The van der Waals surface area contributed by atoms with Crippen molar-refractivity contribution in [3.8, 4) is 6.07 Å². The summed E-state index contributed by atoms with van der Waals surface area (Å²) in [5.41, 5.74) is 0. The lowest BCUT2D eigenvalue weighted by Gasteiger charge is -2.31. The van der Waals surface area contributed by atoms with Crippen molar-refractivity contribution in [2.75, 3.05) is 20.1 Å². The predicted molar refractivity (Wildman–Crippen MR) is 78.9 cm³/mol. The quantitative estimate of drug-likeness (QED) is 0.749. The maximum absolute atomic E-state index is 9.05. The number of hydrogen-bond acceptors (Lipinski definition) is 3. The Bertz CT molecular complexity index is 291. The fraction of sp³-hybridized carbons (Fsp3) is 0.938. The minimum atomic E-state index is 0.260. The van der Waals surface area contributed by atoms with Crippen LogP contribution in [0.1, 0.15) is 57.8 Å². The highest BCUT2D eigenvalue weighted by Crippen LogP contribution is 2.25. The average molecular weight is 263 g/mol. The normalized spacial score (nSPS) is 28.7. The van der Waals surface area contributed by atoms with E-state index in [0.717, 1.165) is 19.0 Å². The molecule has 2 saturated carbocycles. The fourth-order valence-corrected chi connectivity index (χ4v) is 3.68. The smallest absolute Gasteiger partial charge is 0.0672 e. The van der Waals surface area contributed by atoms with Crippen LogP contribution in [0.5, 0.6) is 0 Å². The molecule has 0 aromatic heterocycles. The summed E-state index contributed by atoms with van der Waals surface area (Å²) in [4.78, 5) is 2.55. The van der Waals surface area contributed by atoms with Crippen molar-refractivity contribution >= 4 is 0 Å². The van der Waals surface area contributed by atoms with Crippen LogP contribution in [0.25, 0.3) is 0 Å². The molecule has 2 aliphatic carbocycles. The molecule has 1 N–H and O–H groups in total. The summed E-state index contributed by atoms with van der Waals surface area (Å²) >= 11 is 0. The molecule has 0 aliphatic heterocycles. The van der Waals surface area contributed by atoms with E-state index < -0.39 is 0 Å². The van der Waals surface area contributed by atoms with Crippen LogP contribution in [-0.4, -0.2) is 37.1 Å². The Morgan fingerprint density at radius 1 is 1.11 bits per heavy atom. The Morgan fingerprint density at radius 3 is 2.63 bits per heavy atom. The molecule has 19 heavy (non-hydrogen) atoms. The van der Waals surface area contributed by atoms with Crippen molar-refractivity contribution in [1.29, 1.82) is 5.26 Å². The van der Waals surface area contributed by atoms with E-state index in [1.165, 1.54) is 57.9 Å². The van der Waals surface area contributed by atoms with Crippen molar-refractivity contribution in [2.45, 2.75) is 69.9 Å². The van der Waals surface area contributed by atoms with E-state index >= 15 is 0 Å². The van der Waals surface area contributed by atoms with Gasteiger partial charge in [-0.2, -0.15) is 5.26 Å². The van der Waals surface area contributed by atoms with Crippen LogP contribution >= 0.6 is 0 Å². The molecule has 2 aliphatic rings. The molecule has 2 rings (SSSR count). The van der Waals surface area contributed by atoms with Crippen molar-refractivity contribution in [3.05, 3.63) is 0 Å². The lowest BCUT2D eigenvalue weighted by molar-refractivity contribution is 0.189. The van der Waals surface area contributed by atoms with Crippen LogP contribution < -0.4 is 5.32 Å². The number of hydrogen-bond donors (Lipinski definition) is 1. The van der Waals surface area contributed by atoms with Gasteiger partial charge in [0.25, 0.3) is 0 Å². The molecule has 0 saturated heterocycles. The Hall–Kier alpha value is -0.590. The van der Waals surface area contributed by atoms with Crippen LogP contribution in [0, 0.1) is 17.2 Å². The van der Waals surface area contributed by atoms with Crippen molar-refractivity contribution < 1.29 is 0 Å². The van der Waals surface area contributed by atoms with Gasteiger partial charge in [0.1, 0.15) is 0 Å². The third kappa shape index (κ3) is 4.47. The first-order valence-corrected chi connectivity index (χ1v) is 8.14. The van der Waals surface area contributed by atoms with E-state index in [-0.39, 0.29) is 5.92 Å². The van der Waals surface area contributed by atoms with Crippen molar-refractivity contribution in [2.24, 2.45) is 5.92 Å². The second-order valence-corrected chi connectivity index (χ2v) is 6.35. The standard InChI is InChI=1S/C16H29N3/c1-19(15-8-3-2-4-9-15)12-6-11-18-16-10-5-7-14(16)13-17/h14-16,18H,2-12H2,1H3. The largest absolute Gasteiger partial charge is 0.313 e. The summed E-state index contributed by atoms with van der Waals surface area (Å²) in [6, 6.07) is 3.73. The van der Waals surface area contributed by atoms with E-state index in [4.69, 9.17) is 5.26 Å². The van der Waals surface area contributed by atoms with Gasteiger partial charge in [-0.15, -0.1) is 0 Å². The summed E-state index contributed by atoms with van der Waals surface area (Å²) in [5, 5.41) is 12.6. The number of nitriles is 1. The summed E-state index contributed by atoms with van der Waals surface area (Å²) in [5.74, 6) is 0.260. The molecule has 0 radical (unpaired) electrons. The molecule has 0 heterocycles. The summed E-state index contributed by atoms with van der Waals surface area (Å²) in [6.45, 7) is 2.27. The van der Waals surface area contributed by atoms with Crippen LogP contribution in [0.2, 0.25) is 0 Å². The summed E-state index contributed by atoms with van der Waals surface area (Å²) in [6.07, 6.45) is 11.8. The topological polar surface area (TPSA) is 39.1 Å². The number of nitrogens with one attached hydrogen (secondary N) is 1. The van der Waals surface area contributed by atoms with E-state index in [1.54, 1.807) is 0 Å². The van der Waals surface area contributed by atoms with Crippen LogP contribution in [-0.2, 0) is 0 Å².